The molecule has 0 fully saturated rings. The molecular weight excluding hydrogens is 270 g/mol. The van der Waals surface area contributed by atoms with Crippen molar-refractivity contribution in [3.63, 3.8) is 0 Å². The molecule has 0 radical (unpaired) electrons. The highest BCUT2D eigenvalue weighted by Crippen LogP contribution is 2.26. The van der Waals surface area contributed by atoms with E-state index in [0.29, 0.717) is 12.5 Å². The van der Waals surface area contributed by atoms with Gasteiger partial charge in [-0.25, -0.2) is 0 Å². The van der Waals surface area contributed by atoms with Gasteiger partial charge in [-0.1, -0.05) is 12.1 Å². The van der Waals surface area contributed by atoms with Gasteiger partial charge in [0.15, 0.2) is 0 Å². The predicted octanol–water partition coefficient (Wildman–Crippen LogP) is 5.14. The van der Waals surface area contributed by atoms with Gasteiger partial charge in [0.05, 0.1) is 18.1 Å². The van der Waals surface area contributed by atoms with Crippen LogP contribution in [0.3, 0.4) is 0 Å². The minimum atomic E-state index is -0.228. The average Bonchev–Trinajstić information content (AvgIpc) is 2.40. The fraction of sp³-hybridized carbons (Fsp3) is 0.588. The van der Waals surface area contributed by atoms with E-state index in [1.807, 2.05) is 13.8 Å². The van der Waals surface area contributed by atoms with Crippen molar-refractivity contribution in [2.24, 2.45) is 5.41 Å². The molecule has 1 aromatic carbocycles. The third-order valence-corrected chi connectivity index (χ3v) is 3.73. The SMILES string of the molecule is Cc1cc(CCl)cc(C)c1OCCCCC(C)(C)C#N. The van der Waals surface area contributed by atoms with Crippen LogP contribution in [0.25, 0.3) is 0 Å². The Morgan fingerprint density at radius 3 is 2.30 bits per heavy atom. The van der Waals surface area contributed by atoms with Crippen LogP contribution in [-0.2, 0) is 5.88 Å². The second-order valence-electron chi connectivity index (χ2n) is 5.99. The molecule has 2 nitrogen and oxygen atoms in total. The van der Waals surface area contributed by atoms with Crippen molar-refractivity contribution in [3.05, 3.63) is 28.8 Å². The van der Waals surface area contributed by atoms with E-state index in [9.17, 15) is 0 Å². The number of alkyl halides is 1. The summed E-state index contributed by atoms with van der Waals surface area (Å²) in [7, 11) is 0. The summed E-state index contributed by atoms with van der Waals surface area (Å²) in [6.07, 6.45) is 2.90. The van der Waals surface area contributed by atoms with Crippen LogP contribution in [0.5, 0.6) is 5.75 Å². The molecule has 0 unspecified atom stereocenters. The maximum absolute atomic E-state index is 8.96. The minimum absolute atomic E-state index is 0.228. The van der Waals surface area contributed by atoms with Gasteiger partial charge in [-0.2, -0.15) is 5.26 Å². The van der Waals surface area contributed by atoms with Crippen LogP contribution in [0.2, 0.25) is 0 Å². The highest BCUT2D eigenvalue weighted by atomic mass is 35.5. The van der Waals surface area contributed by atoms with Crippen LogP contribution in [0.1, 0.15) is 49.8 Å². The Morgan fingerprint density at radius 2 is 1.80 bits per heavy atom. The van der Waals surface area contributed by atoms with E-state index in [-0.39, 0.29) is 5.41 Å². The number of rotatable bonds is 7. The Bertz CT molecular complexity index is 465. The summed E-state index contributed by atoms with van der Waals surface area (Å²) in [5.74, 6) is 1.50. The van der Waals surface area contributed by atoms with Crippen LogP contribution < -0.4 is 4.74 Å². The van der Waals surface area contributed by atoms with E-state index < -0.39 is 0 Å². The van der Waals surface area contributed by atoms with Crippen molar-refractivity contribution in [2.75, 3.05) is 6.61 Å². The lowest BCUT2D eigenvalue weighted by atomic mass is 9.89. The second kappa shape index (κ2) is 7.55. The van der Waals surface area contributed by atoms with Crippen LogP contribution in [0.15, 0.2) is 12.1 Å². The summed E-state index contributed by atoms with van der Waals surface area (Å²) >= 11 is 5.86. The van der Waals surface area contributed by atoms with Crippen molar-refractivity contribution in [3.8, 4) is 11.8 Å². The lowest BCUT2D eigenvalue weighted by Crippen LogP contribution is -2.08. The third-order valence-electron chi connectivity index (χ3n) is 3.42. The second-order valence-corrected chi connectivity index (χ2v) is 6.26. The lowest BCUT2D eigenvalue weighted by Gasteiger charge is -2.16. The maximum Gasteiger partial charge on any atom is 0.125 e. The van der Waals surface area contributed by atoms with Gasteiger partial charge < -0.3 is 4.74 Å². The van der Waals surface area contributed by atoms with Gasteiger partial charge in [0.2, 0.25) is 0 Å². The highest BCUT2D eigenvalue weighted by molar-refractivity contribution is 6.17. The number of benzene rings is 1. The smallest absolute Gasteiger partial charge is 0.125 e. The summed E-state index contributed by atoms with van der Waals surface area (Å²) in [6.45, 7) is 8.76. The number of nitriles is 1. The van der Waals surface area contributed by atoms with E-state index in [4.69, 9.17) is 21.6 Å². The molecule has 110 valence electrons. The summed E-state index contributed by atoms with van der Waals surface area (Å²) in [5.41, 5.74) is 3.18. The molecule has 0 amide bonds. The number of hydrogen-bond donors (Lipinski definition) is 0. The molecule has 0 aliphatic carbocycles. The first-order valence-corrected chi connectivity index (χ1v) is 7.63. The summed E-state index contributed by atoms with van der Waals surface area (Å²) < 4.78 is 5.89. The molecule has 0 aliphatic rings. The molecule has 1 rings (SSSR count). The van der Waals surface area contributed by atoms with Crippen molar-refractivity contribution < 1.29 is 4.74 Å². The monoisotopic (exact) mass is 293 g/mol. The molecule has 0 saturated carbocycles. The van der Waals surface area contributed by atoms with Crippen molar-refractivity contribution >= 4 is 11.6 Å². The van der Waals surface area contributed by atoms with E-state index in [1.54, 1.807) is 0 Å². The van der Waals surface area contributed by atoms with Gasteiger partial charge >= 0.3 is 0 Å². The van der Waals surface area contributed by atoms with Crippen LogP contribution >= 0.6 is 11.6 Å². The van der Waals surface area contributed by atoms with E-state index in [1.165, 1.54) is 0 Å². The first-order chi connectivity index (χ1) is 9.39. The third kappa shape index (κ3) is 5.06. The lowest BCUT2D eigenvalue weighted by molar-refractivity contribution is 0.291. The number of halogens is 1. The van der Waals surface area contributed by atoms with Crippen molar-refractivity contribution in [2.45, 2.75) is 52.8 Å². The molecule has 0 atom stereocenters. The Hall–Kier alpha value is -1.20. The predicted molar refractivity (Wildman–Crippen MR) is 84.2 cm³/mol. The largest absolute Gasteiger partial charge is 0.493 e. The van der Waals surface area contributed by atoms with E-state index in [0.717, 1.165) is 41.7 Å². The molecular formula is C17H24ClNO. The van der Waals surface area contributed by atoms with Gasteiger partial charge in [-0.3, -0.25) is 0 Å². The number of hydrogen-bond acceptors (Lipinski definition) is 2. The normalized spacial score (nSPS) is 11.2. The number of ether oxygens (including phenoxy) is 1. The quantitative estimate of drug-likeness (QED) is 0.515. The zero-order valence-corrected chi connectivity index (χ0v) is 13.7. The van der Waals surface area contributed by atoms with Crippen molar-refractivity contribution in [1.82, 2.24) is 0 Å². The van der Waals surface area contributed by atoms with Gasteiger partial charge in [0.1, 0.15) is 5.75 Å². The summed E-state index contributed by atoms with van der Waals surface area (Å²) in [5, 5.41) is 8.96. The number of nitrogens with zero attached hydrogens (tertiary/aromatic N) is 1. The van der Waals surface area contributed by atoms with Gasteiger partial charge in [0, 0.05) is 5.88 Å². The van der Waals surface area contributed by atoms with Crippen LogP contribution in [0, 0.1) is 30.6 Å². The van der Waals surface area contributed by atoms with E-state index in [2.05, 4.69) is 32.0 Å². The molecule has 0 spiro atoms. The maximum atomic E-state index is 8.96. The number of unbranched alkanes of at least 4 members (excludes halogenated alkanes) is 1. The Kier molecular flexibility index (Phi) is 6.36. The fourth-order valence-corrected chi connectivity index (χ4v) is 2.40. The molecule has 0 aliphatic heterocycles. The average molecular weight is 294 g/mol. The zero-order valence-electron chi connectivity index (χ0n) is 12.9. The first kappa shape index (κ1) is 16.9. The number of aryl methyl sites for hydroxylation is 2. The molecule has 3 heteroatoms. The molecule has 0 heterocycles. The van der Waals surface area contributed by atoms with E-state index >= 15 is 0 Å². The standard InChI is InChI=1S/C17H24ClNO/c1-13-9-15(11-18)10-14(2)16(13)20-8-6-5-7-17(3,4)12-19/h9-10H,5-8,11H2,1-4H3. The fourth-order valence-electron chi connectivity index (χ4n) is 2.24. The summed E-state index contributed by atoms with van der Waals surface area (Å²) in [4.78, 5) is 0. The van der Waals surface area contributed by atoms with Crippen molar-refractivity contribution in [1.29, 1.82) is 5.26 Å². The molecule has 0 N–H and O–H groups in total. The molecule has 1 aromatic rings. The Balaban J connectivity index is 2.45. The molecule has 0 bridgehead atoms. The minimum Gasteiger partial charge on any atom is -0.493 e. The van der Waals surface area contributed by atoms with Gasteiger partial charge in [-0.15, -0.1) is 11.6 Å². The summed E-state index contributed by atoms with van der Waals surface area (Å²) in [6, 6.07) is 6.48. The highest BCUT2D eigenvalue weighted by Gasteiger charge is 2.15. The van der Waals surface area contributed by atoms with Gasteiger partial charge in [-0.05, 0) is 63.6 Å². The molecule has 20 heavy (non-hydrogen) atoms. The molecule has 0 saturated heterocycles. The molecule has 0 aromatic heterocycles. The van der Waals surface area contributed by atoms with Crippen LogP contribution in [-0.4, -0.2) is 6.61 Å². The Labute approximate surface area is 127 Å². The Morgan fingerprint density at radius 1 is 1.20 bits per heavy atom. The topological polar surface area (TPSA) is 33.0 Å². The zero-order chi connectivity index (χ0) is 15.2. The van der Waals surface area contributed by atoms with Crippen LogP contribution in [0.4, 0.5) is 0 Å². The first-order valence-electron chi connectivity index (χ1n) is 7.10. The van der Waals surface area contributed by atoms with Gasteiger partial charge in [0.25, 0.3) is 0 Å².